The number of hydrogen-bond donors (Lipinski definition) is 2. The minimum atomic E-state index is -0.584. The van der Waals surface area contributed by atoms with Crippen LogP contribution in [0.15, 0.2) is 36.9 Å². The van der Waals surface area contributed by atoms with Crippen LogP contribution in [-0.2, 0) is 20.8 Å². The first-order valence-corrected chi connectivity index (χ1v) is 8.48. The number of quaternary nitrogens is 1. The number of aliphatic hydroxyl groups is 1. The van der Waals surface area contributed by atoms with E-state index in [0.29, 0.717) is 37.2 Å². The molecular formula is C19H30NO5+. The first kappa shape index (κ1) is 21.2. The molecule has 1 unspecified atom stereocenters. The summed E-state index contributed by atoms with van der Waals surface area (Å²) in [5.74, 6) is -0.141. The zero-order chi connectivity index (χ0) is 18.7. The van der Waals surface area contributed by atoms with Crippen molar-refractivity contribution in [1.29, 1.82) is 0 Å². The fourth-order valence-corrected chi connectivity index (χ4v) is 2.55. The van der Waals surface area contributed by atoms with Crippen LogP contribution in [-0.4, -0.2) is 67.2 Å². The number of nitrogens with zero attached hydrogens (tertiary/aromatic N) is 1. The van der Waals surface area contributed by atoms with Crippen LogP contribution in [0.1, 0.15) is 18.4 Å². The SMILES string of the molecule is C=CC(=O)OCCCCOCC(O)C[N+](C)(C)Cc1ccccc1O. The molecule has 6 nitrogen and oxygen atoms in total. The first-order chi connectivity index (χ1) is 11.8. The zero-order valence-electron chi connectivity index (χ0n) is 15.2. The number of hydrogen-bond acceptors (Lipinski definition) is 5. The number of likely N-dealkylation sites (N-methyl/N-ethyl adjacent to an activating group) is 1. The largest absolute Gasteiger partial charge is 0.507 e. The molecule has 0 spiro atoms. The van der Waals surface area contributed by atoms with Crippen molar-refractivity contribution >= 4 is 5.97 Å². The maximum Gasteiger partial charge on any atom is 0.330 e. The second-order valence-electron chi connectivity index (χ2n) is 6.71. The molecule has 0 amide bonds. The van der Waals surface area contributed by atoms with Crippen LogP contribution in [0, 0.1) is 0 Å². The lowest BCUT2D eigenvalue weighted by atomic mass is 10.1. The van der Waals surface area contributed by atoms with Crippen LogP contribution in [0.4, 0.5) is 0 Å². The maximum atomic E-state index is 10.9. The van der Waals surface area contributed by atoms with E-state index in [0.717, 1.165) is 18.1 Å². The second kappa shape index (κ2) is 10.9. The van der Waals surface area contributed by atoms with Gasteiger partial charge in [-0.05, 0) is 25.0 Å². The van der Waals surface area contributed by atoms with E-state index in [1.165, 1.54) is 0 Å². The zero-order valence-corrected chi connectivity index (χ0v) is 15.2. The van der Waals surface area contributed by atoms with Crippen molar-refractivity contribution in [3.8, 4) is 5.75 Å². The van der Waals surface area contributed by atoms with Gasteiger partial charge in [-0.15, -0.1) is 0 Å². The standard InChI is InChI=1S/C19H29NO5/c1-4-19(23)25-12-8-7-11-24-15-17(21)14-20(2,3)13-16-9-5-6-10-18(16)22/h4-6,9-10,17,21H,1,7-8,11-15H2,2-3H3/p+1. The number of carbonyl (C=O) groups excluding carboxylic acids is 1. The Labute approximate surface area is 149 Å². The molecule has 1 aromatic carbocycles. The third kappa shape index (κ3) is 9.24. The number of para-hydroxylation sites is 1. The Morgan fingerprint density at radius 2 is 1.96 bits per heavy atom. The van der Waals surface area contributed by atoms with Crippen LogP contribution in [0.5, 0.6) is 5.75 Å². The number of phenols is 1. The molecule has 6 heteroatoms. The number of esters is 1. The highest BCUT2D eigenvalue weighted by molar-refractivity contribution is 5.81. The van der Waals surface area contributed by atoms with E-state index >= 15 is 0 Å². The van der Waals surface area contributed by atoms with Crippen molar-refractivity contribution < 1.29 is 29.0 Å². The smallest absolute Gasteiger partial charge is 0.330 e. The highest BCUT2D eigenvalue weighted by Crippen LogP contribution is 2.20. The molecule has 25 heavy (non-hydrogen) atoms. The van der Waals surface area contributed by atoms with Gasteiger partial charge in [0.1, 0.15) is 24.9 Å². The van der Waals surface area contributed by atoms with Crippen LogP contribution >= 0.6 is 0 Å². The molecule has 0 bridgehead atoms. The van der Waals surface area contributed by atoms with Crippen molar-refractivity contribution in [2.75, 3.05) is 40.5 Å². The van der Waals surface area contributed by atoms with Crippen molar-refractivity contribution in [2.24, 2.45) is 0 Å². The monoisotopic (exact) mass is 352 g/mol. The third-order valence-corrected chi connectivity index (χ3v) is 3.70. The van der Waals surface area contributed by atoms with Crippen LogP contribution in [0.2, 0.25) is 0 Å². The predicted molar refractivity (Wildman–Crippen MR) is 96.0 cm³/mol. The van der Waals surface area contributed by atoms with E-state index in [2.05, 4.69) is 6.58 Å². The Balaban J connectivity index is 2.20. The molecule has 1 rings (SSSR count). The molecule has 2 N–H and O–H groups in total. The molecule has 0 aliphatic rings. The Bertz CT molecular complexity index is 544. The molecule has 0 aromatic heterocycles. The van der Waals surface area contributed by atoms with Crippen molar-refractivity contribution in [1.82, 2.24) is 0 Å². The van der Waals surface area contributed by atoms with Gasteiger partial charge in [-0.2, -0.15) is 0 Å². The Morgan fingerprint density at radius 1 is 1.28 bits per heavy atom. The van der Waals surface area contributed by atoms with Gasteiger partial charge in [0.05, 0.1) is 27.3 Å². The van der Waals surface area contributed by atoms with E-state index < -0.39 is 12.1 Å². The van der Waals surface area contributed by atoms with E-state index in [9.17, 15) is 15.0 Å². The summed E-state index contributed by atoms with van der Waals surface area (Å²) in [4.78, 5) is 10.9. The van der Waals surface area contributed by atoms with Crippen LogP contribution in [0.25, 0.3) is 0 Å². The summed E-state index contributed by atoms with van der Waals surface area (Å²) in [6.45, 7) is 5.59. The molecular weight excluding hydrogens is 322 g/mol. The van der Waals surface area contributed by atoms with E-state index in [1.54, 1.807) is 12.1 Å². The van der Waals surface area contributed by atoms with Gasteiger partial charge in [-0.1, -0.05) is 18.7 Å². The molecule has 0 heterocycles. The number of unbranched alkanes of at least 4 members (excludes halogenated alkanes) is 1. The van der Waals surface area contributed by atoms with Crippen molar-refractivity contribution in [2.45, 2.75) is 25.5 Å². The van der Waals surface area contributed by atoms with E-state index in [-0.39, 0.29) is 12.4 Å². The van der Waals surface area contributed by atoms with Crippen molar-refractivity contribution in [3.05, 3.63) is 42.5 Å². The molecule has 0 fully saturated rings. The molecule has 0 saturated heterocycles. The second-order valence-corrected chi connectivity index (χ2v) is 6.71. The number of benzene rings is 1. The Morgan fingerprint density at radius 3 is 2.64 bits per heavy atom. The lowest BCUT2D eigenvalue weighted by Gasteiger charge is -2.32. The summed E-state index contributed by atoms with van der Waals surface area (Å²) in [5.41, 5.74) is 0.856. The number of aromatic hydroxyl groups is 1. The van der Waals surface area contributed by atoms with Gasteiger partial charge in [0.25, 0.3) is 0 Å². The average molecular weight is 352 g/mol. The van der Waals surface area contributed by atoms with Gasteiger partial charge in [0.2, 0.25) is 0 Å². The lowest BCUT2D eigenvalue weighted by Crippen LogP contribution is -2.45. The number of carbonyl (C=O) groups is 1. The topological polar surface area (TPSA) is 76.0 Å². The quantitative estimate of drug-likeness (QED) is 0.260. The highest BCUT2D eigenvalue weighted by atomic mass is 16.5. The van der Waals surface area contributed by atoms with E-state index in [1.807, 2.05) is 26.2 Å². The fraction of sp³-hybridized carbons (Fsp3) is 0.526. The number of aliphatic hydroxyl groups excluding tert-OH is 1. The fourth-order valence-electron chi connectivity index (χ4n) is 2.55. The lowest BCUT2D eigenvalue weighted by molar-refractivity contribution is -0.906. The summed E-state index contributed by atoms with van der Waals surface area (Å²) in [7, 11) is 4.01. The van der Waals surface area contributed by atoms with Gasteiger partial charge in [0, 0.05) is 18.2 Å². The number of ether oxygens (including phenoxy) is 2. The molecule has 1 atom stereocenters. The van der Waals surface area contributed by atoms with Gasteiger partial charge in [0.15, 0.2) is 0 Å². The van der Waals surface area contributed by atoms with Gasteiger partial charge in [-0.3, -0.25) is 0 Å². The van der Waals surface area contributed by atoms with Gasteiger partial charge < -0.3 is 24.2 Å². The summed E-state index contributed by atoms with van der Waals surface area (Å²) >= 11 is 0. The maximum absolute atomic E-state index is 10.9. The van der Waals surface area contributed by atoms with Crippen LogP contribution < -0.4 is 0 Å². The number of rotatable bonds is 12. The van der Waals surface area contributed by atoms with Crippen molar-refractivity contribution in [3.63, 3.8) is 0 Å². The van der Waals surface area contributed by atoms with E-state index in [4.69, 9.17) is 9.47 Å². The minimum Gasteiger partial charge on any atom is -0.507 e. The molecule has 1 aromatic rings. The molecule has 0 radical (unpaired) electrons. The predicted octanol–water partition coefficient (Wildman–Crippen LogP) is 1.86. The molecule has 0 saturated carbocycles. The highest BCUT2D eigenvalue weighted by Gasteiger charge is 2.22. The third-order valence-electron chi connectivity index (χ3n) is 3.70. The molecule has 0 aliphatic carbocycles. The Kier molecular flexibility index (Phi) is 9.20. The average Bonchev–Trinajstić information content (AvgIpc) is 2.55. The Hall–Kier alpha value is -1.89. The normalized spacial score (nSPS) is 12.6. The van der Waals surface area contributed by atoms with Gasteiger partial charge in [-0.25, -0.2) is 4.79 Å². The summed E-state index contributed by atoms with van der Waals surface area (Å²) < 4.78 is 10.9. The molecule has 140 valence electrons. The first-order valence-electron chi connectivity index (χ1n) is 8.48. The summed E-state index contributed by atoms with van der Waals surface area (Å²) in [6.07, 6.45) is 2.03. The summed E-state index contributed by atoms with van der Waals surface area (Å²) in [5, 5.41) is 20.0. The minimum absolute atomic E-state index is 0.259. The molecule has 0 aliphatic heterocycles. The van der Waals surface area contributed by atoms with Crippen LogP contribution in [0.3, 0.4) is 0 Å². The number of phenolic OH excluding ortho intramolecular Hbond substituents is 1. The van der Waals surface area contributed by atoms with Gasteiger partial charge >= 0.3 is 5.97 Å². The summed E-state index contributed by atoms with van der Waals surface area (Å²) in [6, 6.07) is 7.24.